The van der Waals surface area contributed by atoms with E-state index in [1.165, 1.54) is 0 Å². The lowest BCUT2D eigenvalue weighted by Gasteiger charge is -2.18. The molecule has 1 atom stereocenters. The first-order valence-electron chi connectivity index (χ1n) is 8.78. The van der Waals surface area contributed by atoms with Gasteiger partial charge in [0.15, 0.2) is 11.9 Å². The van der Waals surface area contributed by atoms with Crippen LogP contribution in [-0.2, 0) is 4.74 Å². The molecule has 138 valence electrons. The summed E-state index contributed by atoms with van der Waals surface area (Å²) in [5.74, 6) is 0.528. The maximum Gasteiger partial charge on any atom is 0.339 e. The van der Waals surface area contributed by atoms with E-state index in [0.717, 1.165) is 11.1 Å². The van der Waals surface area contributed by atoms with E-state index in [4.69, 9.17) is 9.26 Å². The van der Waals surface area contributed by atoms with Gasteiger partial charge in [-0.3, -0.25) is 4.98 Å². The molecule has 0 bridgehead atoms. The van der Waals surface area contributed by atoms with E-state index in [9.17, 15) is 4.79 Å². The molecule has 0 aliphatic heterocycles. The standard InChI is InChI=1S/C22H17N3O3/c1-15-24-21(28-25-15)17-10-12-18(13-11-17)22(26)27-20(16-7-3-2-4-8-16)19-9-5-6-14-23-19/h2-14,20H,1H3/t20-/m0/s1. The Morgan fingerprint density at radius 1 is 0.964 bits per heavy atom. The fourth-order valence-electron chi connectivity index (χ4n) is 2.80. The average molecular weight is 371 g/mol. The van der Waals surface area contributed by atoms with Crippen LogP contribution in [0.2, 0.25) is 0 Å². The number of benzene rings is 2. The van der Waals surface area contributed by atoms with Crippen molar-refractivity contribution < 1.29 is 14.1 Å². The highest BCUT2D eigenvalue weighted by Crippen LogP contribution is 2.26. The Bertz CT molecular complexity index is 1020. The van der Waals surface area contributed by atoms with Gasteiger partial charge < -0.3 is 9.26 Å². The van der Waals surface area contributed by atoms with Crippen LogP contribution >= 0.6 is 0 Å². The number of carbonyl (C=O) groups excluding carboxylic acids is 1. The van der Waals surface area contributed by atoms with Crippen molar-refractivity contribution in [2.45, 2.75) is 13.0 Å². The molecule has 2 aromatic carbocycles. The van der Waals surface area contributed by atoms with Crippen LogP contribution in [-0.4, -0.2) is 21.1 Å². The van der Waals surface area contributed by atoms with Crippen LogP contribution in [0.15, 0.2) is 83.5 Å². The van der Waals surface area contributed by atoms with Gasteiger partial charge >= 0.3 is 5.97 Å². The minimum Gasteiger partial charge on any atom is -0.447 e. The zero-order chi connectivity index (χ0) is 19.3. The van der Waals surface area contributed by atoms with E-state index in [2.05, 4.69) is 15.1 Å². The number of ether oxygens (including phenoxy) is 1. The summed E-state index contributed by atoms with van der Waals surface area (Å²) >= 11 is 0. The topological polar surface area (TPSA) is 78.1 Å². The molecule has 28 heavy (non-hydrogen) atoms. The zero-order valence-corrected chi connectivity index (χ0v) is 15.1. The van der Waals surface area contributed by atoms with Crippen LogP contribution in [0, 0.1) is 6.92 Å². The van der Waals surface area contributed by atoms with Crippen molar-refractivity contribution in [1.29, 1.82) is 0 Å². The molecule has 0 saturated carbocycles. The number of esters is 1. The quantitative estimate of drug-likeness (QED) is 0.484. The molecule has 0 aliphatic carbocycles. The fourth-order valence-corrected chi connectivity index (χ4v) is 2.80. The second-order valence-corrected chi connectivity index (χ2v) is 6.17. The van der Waals surface area contributed by atoms with Gasteiger partial charge in [-0.15, -0.1) is 0 Å². The minimum atomic E-state index is -0.590. The Balaban J connectivity index is 1.58. The fraction of sp³-hybridized carbons (Fsp3) is 0.0909. The van der Waals surface area contributed by atoms with Crippen molar-refractivity contribution in [2.75, 3.05) is 0 Å². The van der Waals surface area contributed by atoms with E-state index in [1.807, 2.05) is 48.5 Å². The molecule has 4 aromatic rings. The maximum atomic E-state index is 12.8. The van der Waals surface area contributed by atoms with Crippen LogP contribution in [0.25, 0.3) is 11.5 Å². The summed E-state index contributed by atoms with van der Waals surface area (Å²) in [7, 11) is 0. The van der Waals surface area contributed by atoms with E-state index >= 15 is 0 Å². The number of aryl methyl sites for hydroxylation is 1. The van der Waals surface area contributed by atoms with Crippen LogP contribution < -0.4 is 0 Å². The predicted octanol–water partition coefficient (Wildman–Crippen LogP) is 4.39. The summed E-state index contributed by atoms with van der Waals surface area (Å²) < 4.78 is 11.0. The van der Waals surface area contributed by atoms with Gasteiger partial charge in [0.25, 0.3) is 5.89 Å². The monoisotopic (exact) mass is 371 g/mol. The highest BCUT2D eigenvalue weighted by molar-refractivity contribution is 5.90. The lowest BCUT2D eigenvalue weighted by molar-refractivity contribution is 0.0370. The highest BCUT2D eigenvalue weighted by Gasteiger charge is 2.21. The number of hydrogen-bond donors (Lipinski definition) is 0. The third kappa shape index (κ3) is 3.81. The molecule has 0 radical (unpaired) electrons. The molecule has 4 rings (SSSR count). The first-order chi connectivity index (χ1) is 13.7. The molecular weight excluding hydrogens is 354 g/mol. The summed E-state index contributed by atoms with van der Waals surface area (Å²) in [6.45, 7) is 1.75. The van der Waals surface area contributed by atoms with Crippen molar-refractivity contribution in [3.05, 3.63) is 102 Å². The van der Waals surface area contributed by atoms with Crippen molar-refractivity contribution in [2.24, 2.45) is 0 Å². The van der Waals surface area contributed by atoms with Crippen molar-refractivity contribution in [3.63, 3.8) is 0 Å². The molecule has 0 fully saturated rings. The molecule has 0 saturated heterocycles. The van der Waals surface area contributed by atoms with Crippen LogP contribution in [0.5, 0.6) is 0 Å². The Morgan fingerprint density at radius 2 is 1.71 bits per heavy atom. The van der Waals surface area contributed by atoms with E-state index in [1.54, 1.807) is 37.4 Å². The van der Waals surface area contributed by atoms with Gasteiger partial charge in [0, 0.05) is 11.8 Å². The van der Waals surface area contributed by atoms with Gasteiger partial charge in [-0.1, -0.05) is 41.6 Å². The largest absolute Gasteiger partial charge is 0.447 e. The van der Waals surface area contributed by atoms with E-state index < -0.39 is 12.1 Å². The SMILES string of the molecule is Cc1noc(-c2ccc(C(=O)O[C@@H](c3ccccc3)c3ccccn3)cc2)n1. The summed E-state index contributed by atoms with van der Waals surface area (Å²) in [5.41, 5.74) is 2.69. The zero-order valence-electron chi connectivity index (χ0n) is 15.1. The van der Waals surface area contributed by atoms with Gasteiger partial charge in [-0.2, -0.15) is 4.98 Å². The number of pyridine rings is 1. The Kier molecular flexibility index (Phi) is 4.93. The van der Waals surface area contributed by atoms with Gasteiger partial charge in [-0.25, -0.2) is 4.79 Å². The molecule has 2 heterocycles. The molecule has 0 unspecified atom stereocenters. The molecule has 6 heteroatoms. The lowest BCUT2D eigenvalue weighted by atomic mass is 10.1. The molecule has 0 aliphatic rings. The summed E-state index contributed by atoms with van der Waals surface area (Å²) in [6.07, 6.45) is 1.09. The third-order valence-corrected chi connectivity index (χ3v) is 4.18. The van der Waals surface area contributed by atoms with Crippen molar-refractivity contribution in [3.8, 4) is 11.5 Å². The summed E-state index contributed by atoms with van der Waals surface area (Å²) in [6, 6.07) is 21.9. The van der Waals surface area contributed by atoms with Gasteiger partial charge in [-0.05, 0) is 48.9 Å². The molecule has 0 amide bonds. The number of nitrogens with zero attached hydrogens (tertiary/aromatic N) is 3. The Hall–Kier alpha value is -3.80. The predicted molar refractivity (Wildman–Crippen MR) is 102 cm³/mol. The highest BCUT2D eigenvalue weighted by atomic mass is 16.5. The molecule has 0 spiro atoms. The van der Waals surface area contributed by atoms with Gasteiger partial charge in [0.2, 0.25) is 0 Å². The van der Waals surface area contributed by atoms with Crippen LogP contribution in [0.3, 0.4) is 0 Å². The number of hydrogen-bond acceptors (Lipinski definition) is 6. The first kappa shape index (κ1) is 17.6. The smallest absolute Gasteiger partial charge is 0.339 e. The average Bonchev–Trinajstić information content (AvgIpc) is 3.19. The number of rotatable bonds is 5. The van der Waals surface area contributed by atoms with Crippen molar-refractivity contribution >= 4 is 5.97 Å². The van der Waals surface area contributed by atoms with Crippen molar-refractivity contribution in [1.82, 2.24) is 15.1 Å². The third-order valence-electron chi connectivity index (χ3n) is 4.18. The summed E-state index contributed by atoms with van der Waals surface area (Å²) in [4.78, 5) is 21.3. The van der Waals surface area contributed by atoms with Crippen LogP contribution in [0.4, 0.5) is 0 Å². The first-order valence-corrected chi connectivity index (χ1v) is 8.78. The Morgan fingerprint density at radius 3 is 2.36 bits per heavy atom. The van der Waals surface area contributed by atoms with Gasteiger partial charge in [0.05, 0.1) is 11.3 Å². The van der Waals surface area contributed by atoms with E-state index in [0.29, 0.717) is 23.0 Å². The second-order valence-electron chi connectivity index (χ2n) is 6.17. The molecule has 2 aromatic heterocycles. The molecular formula is C22H17N3O3. The minimum absolute atomic E-state index is 0.410. The molecule has 0 N–H and O–H groups in total. The number of aromatic nitrogens is 3. The number of carbonyl (C=O) groups is 1. The molecule has 6 nitrogen and oxygen atoms in total. The Labute approximate surface area is 161 Å². The van der Waals surface area contributed by atoms with Gasteiger partial charge in [0.1, 0.15) is 0 Å². The van der Waals surface area contributed by atoms with Crippen LogP contribution in [0.1, 0.15) is 33.5 Å². The summed E-state index contributed by atoms with van der Waals surface area (Å²) in [5, 5.41) is 3.77. The lowest BCUT2D eigenvalue weighted by Crippen LogP contribution is -2.14. The van der Waals surface area contributed by atoms with E-state index in [-0.39, 0.29) is 0 Å². The second kappa shape index (κ2) is 7.84. The maximum absolute atomic E-state index is 12.8. The normalized spacial score (nSPS) is 11.8.